The van der Waals surface area contributed by atoms with Gasteiger partial charge in [-0.1, -0.05) is 0 Å². The van der Waals surface area contributed by atoms with E-state index in [9.17, 15) is 4.57 Å². The van der Waals surface area contributed by atoms with Crippen molar-refractivity contribution in [3.63, 3.8) is 0 Å². The molecular formula is C10H22NO6P. The summed E-state index contributed by atoms with van der Waals surface area (Å²) in [6.45, 7) is 6.34. The zero-order valence-electron chi connectivity index (χ0n) is 11.4. The van der Waals surface area contributed by atoms with E-state index in [0.29, 0.717) is 6.16 Å². The van der Waals surface area contributed by atoms with Gasteiger partial charge in [0.15, 0.2) is 0 Å². The van der Waals surface area contributed by atoms with E-state index in [1.807, 2.05) is 32.8 Å². The average Bonchev–Trinajstić information content (AvgIpc) is 2.13. The van der Waals surface area contributed by atoms with E-state index in [1.165, 1.54) is 0 Å². The third kappa shape index (κ3) is 15.1. The molecule has 1 atom stereocenters. The second-order valence-corrected chi connectivity index (χ2v) is 6.99. The molecule has 0 aromatic heterocycles. The number of rotatable bonds is 5. The number of carboxylic acid groups (broad SMARTS) is 2. The molecule has 0 spiro atoms. The SMILES string of the molecule is CC(C)OP(C)(=O)CCN(C)C.O=C(O)C(=O)O. The molecule has 2 N–H and O–H groups in total. The first-order valence-electron chi connectivity index (χ1n) is 5.34. The van der Waals surface area contributed by atoms with Gasteiger partial charge in [-0.2, -0.15) is 0 Å². The fourth-order valence-corrected chi connectivity index (χ4v) is 2.64. The van der Waals surface area contributed by atoms with E-state index in [-0.39, 0.29) is 6.10 Å². The monoisotopic (exact) mass is 283 g/mol. The molecule has 18 heavy (non-hydrogen) atoms. The van der Waals surface area contributed by atoms with Gasteiger partial charge in [0.1, 0.15) is 0 Å². The summed E-state index contributed by atoms with van der Waals surface area (Å²) < 4.78 is 17.0. The lowest BCUT2D eigenvalue weighted by atomic mass is 10.5. The molecule has 0 radical (unpaired) electrons. The van der Waals surface area contributed by atoms with Crippen molar-refractivity contribution < 1.29 is 28.9 Å². The number of aliphatic carboxylic acids is 2. The Bertz CT molecular complexity index is 303. The summed E-state index contributed by atoms with van der Waals surface area (Å²) in [5, 5.41) is 14.8. The molecule has 0 saturated heterocycles. The lowest BCUT2D eigenvalue weighted by Crippen LogP contribution is -2.17. The lowest BCUT2D eigenvalue weighted by Gasteiger charge is -2.18. The summed E-state index contributed by atoms with van der Waals surface area (Å²) in [5.74, 6) is -3.65. The van der Waals surface area contributed by atoms with Gasteiger partial charge in [0.2, 0.25) is 7.37 Å². The Kier molecular flexibility index (Phi) is 9.80. The van der Waals surface area contributed by atoms with Crippen molar-refractivity contribution in [2.75, 3.05) is 33.5 Å². The Balaban J connectivity index is 0. The summed E-state index contributed by atoms with van der Waals surface area (Å²) in [4.78, 5) is 20.2. The van der Waals surface area contributed by atoms with Crippen LogP contribution in [0.2, 0.25) is 0 Å². The van der Waals surface area contributed by atoms with E-state index in [0.717, 1.165) is 6.54 Å². The fourth-order valence-electron chi connectivity index (χ4n) is 0.880. The topological polar surface area (TPSA) is 104 Å². The number of nitrogens with zero attached hydrogens (tertiary/aromatic N) is 1. The van der Waals surface area contributed by atoms with Gasteiger partial charge in [0.25, 0.3) is 0 Å². The number of carbonyl (C=O) groups is 2. The predicted octanol–water partition coefficient (Wildman–Crippen LogP) is 1.04. The summed E-state index contributed by atoms with van der Waals surface area (Å²) in [6.07, 6.45) is 0.695. The minimum atomic E-state index is -2.34. The molecule has 0 bridgehead atoms. The van der Waals surface area contributed by atoms with Crippen molar-refractivity contribution in [3.8, 4) is 0 Å². The molecule has 0 fully saturated rings. The molecule has 0 rings (SSSR count). The van der Waals surface area contributed by atoms with Crippen molar-refractivity contribution in [3.05, 3.63) is 0 Å². The van der Waals surface area contributed by atoms with Crippen LogP contribution in [0, 0.1) is 0 Å². The van der Waals surface area contributed by atoms with Gasteiger partial charge >= 0.3 is 11.9 Å². The van der Waals surface area contributed by atoms with Crippen LogP contribution in [0.1, 0.15) is 13.8 Å². The molecule has 0 aromatic carbocycles. The van der Waals surface area contributed by atoms with Crippen LogP contribution in [0.25, 0.3) is 0 Å². The second-order valence-electron chi connectivity index (χ2n) is 4.31. The van der Waals surface area contributed by atoms with Gasteiger partial charge in [-0.3, -0.25) is 4.57 Å². The van der Waals surface area contributed by atoms with Crippen LogP contribution in [0.15, 0.2) is 0 Å². The normalized spacial score (nSPS) is 13.7. The highest BCUT2D eigenvalue weighted by molar-refractivity contribution is 7.58. The molecule has 0 aliphatic carbocycles. The zero-order valence-corrected chi connectivity index (χ0v) is 12.3. The third-order valence-electron chi connectivity index (χ3n) is 1.57. The minimum absolute atomic E-state index is 0.0583. The Labute approximate surface area is 107 Å². The molecule has 0 saturated carbocycles. The first kappa shape index (κ1) is 19.4. The smallest absolute Gasteiger partial charge is 0.414 e. The van der Waals surface area contributed by atoms with Gasteiger partial charge in [-0.05, 0) is 27.9 Å². The van der Waals surface area contributed by atoms with Crippen molar-refractivity contribution in [2.45, 2.75) is 20.0 Å². The molecule has 0 aliphatic rings. The average molecular weight is 283 g/mol. The van der Waals surface area contributed by atoms with Crippen LogP contribution in [-0.4, -0.2) is 66.6 Å². The number of hydrogen-bond acceptors (Lipinski definition) is 5. The van der Waals surface area contributed by atoms with Gasteiger partial charge in [-0.15, -0.1) is 0 Å². The Morgan fingerprint density at radius 1 is 1.22 bits per heavy atom. The minimum Gasteiger partial charge on any atom is -0.473 e. The summed E-state index contributed by atoms with van der Waals surface area (Å²) in [7, 11) is 1.59. The molecular weight excluding hydrogens is 261 g/mol. The fraction of sp³-hybridized carbons (Fsp3) is 0.800. The number of carboxylic acids is 2. The van der Waals surface area contributed by atoms with Crippen LogP contribution < -0.4 is 0 Å². The highest BCUT2D eigenvalue weighted by Crippen LogP contribution is 2.43. The van der Waals surface area contributed by atoms with Crippen molar-refractivity contribution in [1.82, 2.24) is 4.90 Å². The van der Waals surface area contributed by atoms with Crippen LogP contribution in [0.4, 0.5) is 0 Å². The summed E-state index contributed by atoms with van der Waals surface area (Å²) >= 11 is 0. The highest BCUT2D eigenvalue weighted by atomic mass is 31.2. The first-order valence-corrected chi connectivity index (χ1v) is 7.59. The largest absolute Gasteiger partial charge is 0.473 e. The molecule has 0 aliphatic heterocycles. The molecule has 8 heteroatoms. The maximum absolute atomic E-state index is 11.7. The van der Waals surface area contributed by atoms with Gasteiger partial charge in [0.05, 0.1) is 6.10 Å². The van der Waals surface area contributed by atoms with E-state index in [2.05, 4.69) is 0 Å². The van der Waals surface area contributed by atoms with Gasteiger partial charge < -0.3 is 19.6 Å². The summed E-state index contributed by atoms with van der Waals surface area (Å²) in [5.41, 5.74) is 0. The quantitative estimate of drug-likeness (QED) is 0.573. The summed E-state index contributed by atoms with van der Waals surface area (Å²) in [6, 6.07) is 0. The number of hydrogen-bond donors (Lipinski definition) is 2. The van der Waals surface area contributed by atoms with E-state index in [1.54, 1.807) is 6.66 Å². The van der Waals surface area contributed by atoms with Crippen LogP contribution >= 0.6 is 7.37 Å². The zero-order chi connectivity index (χ0) is 14.9. The molecule has 0 heterocycles. The van der Waals surface area contributed by atoms with Crippen molar-refractivity contribution >= 4 is 19.3 Å². The Morgan fingerprint density at radius 3 is 1.83 bits per heavy atom. The lowest BCUT2D eigenvalue weighted by molar-refractivity contribution is -0.159. The molecule has 7 nitrogen and oxygen atoms in total. The first-order chi connectivity index (χ1) is 7.98. The highest BCUT2D eigenvalue weighted by Gasteiger charge is 2.17. The maximum atomic E-state index is 11.7. The van der Waals surface area contributed by atoms with Crippen molar-refractivity contribution in [1.29, 1.82) is 0 Å². The van der Waals surface area contributed by atoms with Crippen molar-refractivity contribution in [2.24, 2.45) is 0 Å². The standard InChI is InChI=1S/C8H20NO2P.C2H2O4/c1-8(2)11-12(5,10)7-6-9(3)4;3-1(4)2(5)6/h8H,6-7H2,1-5H3;(H,3,4)(H,5,6). The molecule has 0 amide bonds. The Morgan fingerprint density at radius 2 is 1.61 bits per heavy atom. The third-order valence-corrected chi connectivity index (χ3v) is 3.45. The van der Waals surface area contributed by atoms with Crippen LogP contribution in [0.3, 0.4) is 0 Å². The predicted molar refractivity (Wildman–Crippen MR) is 68.4 cm³/mol. The van der Waals surface area contributed by atoms with Gasteiger partial charge in [0, 0.05) is 19.4 Å². The maximum Gasteiger partial charge on any atom is 0.414 e. The second kappa shape index (κ2) is 9.08. The molecule has 108 valence electrons. The van der Waals surface area contributed by atoms with Gasteiger partial charge in [-0.25, -0.2) is 9.59 Å². The molecule has 0 aromatic rings. The van der Waals surface area contributed by atoms with E-state index in [4.69, 9.17) is 24.3 Å². The molecule has 1 unspecified atom stereocenters. The van der Waals surface area contributed by atoms with Crippen LogP contribution in [0.5, 0.6) is 0 Å². The van der Waals surface area contributed by atoms with E-state index >= 15 is 0 Å². The van der Waals surface area contributed by atoms with E-state index < -0.39 is 19.3 Å². The van der Waals surface area contributed by atoms with Crippen LogP contribution in [-0.2, 0) is 18.7 Å². The Hall–Kier alpha value is -0.910.